The van der Waals surface area contributed by atoms with E-state index in [1.807, 2.05) is 42.5 Å². The Morgan fingerprint density at radius 1 is 1.06 bits per heavy atom. The van der Waals surface area contributed by atoms with Gasteiger partial charge in [-0.25, -0.2) is 0 Å². The van der Waals surface area contributed by atoms with Crippen molar-refractivity contribution in [3.63, 3.8) is 0 Å². The maximum atomic E-state index is 12.3. The van der Waals surface area contributed by atoms with Crippen molar-refractivity contribution in [1.29, 1.82) is 5.26 Å². The zero-order chi connectivity index (χ0) is 21.1. The summed E-state index contributed by atoms with van der Waals surface area (Å²) in [5, 5.41) is 20.6. The fourth-order valence-corrected chi connectivity index (χ4v) is 6.17. The molecule has 3 aliphatic carbocycles. The van der Waals surface area contributed by atoms with Gasteiger partial charge in [0.05, 0.1) is 0 Å². The molecule has 7 nitrogen and oxygen atoms in total. The Morgan fingerprint density at radius 3 is 2.61 bits per heavy atom. The molecule has 2 amide bonds. The summed E-state index contributed by atoms with van der Waals surface area (Å²) >= 11 is 1.11. The predicted octanol–water partition coefficient (Wildman–Crippen LogP) is 4.24. The van der Waals surface area contributed by atoms with Crippen LogP contribution in [0, 0.1) is 17.2 Å². The van der Waals surface area contributed by atoms with E-state index in [-0.39, 0.29) is 28.0 Å². The maximum absolute atomic E-state index is 12.3. The number of hydrogen-bond donors (Lipinski definition) is 1. The molecule has 152 valence electrons. The first-order chi connectivity index (χ1) is 15.1. The number of hydrogen-bond acceptors (Lipinski definition) is 7. The van der Waals surface area contributed by atoms with Crippen molar-refractivity contribution in [3.8, 4) is 17.7 Å². The van der Waals surface area contributed by atoms with Gasteiger partial charge in [0.25, 0.3) is 5.24 Å². The van der Waals surface area contributed by atoms with E-state index in [1.54, 1.807) is 0 Å². The molecule has 0 radical (unpaired) electrons. The van der Waals surface area contributed by atoms with Crippen molar-refractivity contribution in [2.24, 2.45) is 5.92 Å². The number of benzene rings is 2. The molecule has 1 saturated carbocycles. The summed E-state index contributed by atoms with van der Waals surface area (Å²) in [7, 11) is 0. The molecule has 8 heteroatoms. The molecule has 3 aromatic rings. The molecule has 2 atom stereocenters. The molecule has 1 N–H and O–H groups in total. The highest BCUT2D eigenvalue weighted by Gasteiger charge is 2.51. The molecule has 2 fully saturated rings. The Morgan fingerprint density at radius 2 is 1.87 bits per heavy atom. The van der Waals surface area contributed by atoms with Crippen LogP contribution in [0.4, 0.5) is 4.79 Å². The van der Waals surface area contributed by atoms with Crippen LogP contribution >= 0.6 is 11.8 Å². The monoisotopic (exact) mass is 428 g/mol. The van der Waals surface area contributed by atoms with Crippen molar-refractivity contribution in [2.75, 3.05) is 0 Å². The SMILES string of the molecule is N#Cc1nnc(Oc2ccc3c(c2)C2CC(C2)[C@H]3C2SC(=O)NC2=O)c2ccccc12. The van der Waals surface area contributed by atoms with E-state index in [0.29, 0.717) is 28.9 Å². The van der Waals surface area contributed by atoms with Crippen LogP contribution in [0.5, 0.6) is 11.6 Å². The number of rotatable bonds is 3. The molecule has 1 aromatic heterocycles. The minimum atomic E-state index is -0.363. The Balaban J connectivity index is 1.37. The summed E-state index contributed by atoms with van der Waals surface area (Å²) in [6.07, 6.45) is 2.05. The fraction of sp³-hybridized carbons (Fsp3) is 0.261. The minimum Gasteiger partial charge on any atom is -0.437 e. The first kappa shape index (κ1) is 18.3. The molecular formula is C23H16N4O3S. The first-order valence-electron chi connectivity index (χ1n) is 10.1. The summed E-state index contributed by atoms with van der Waals surface area (Å²) in [4.78, 5) is 24.1. The molecule has 1 unspecified atom stereocenters. The first-order valence-corrected chi connectivity index (χ1v) is 11.0. The molecule has 1 saturated heterocycles. The summed E-state index contributed by atoms with van der Waals surface area (Å²) in [6.45, 7) is 0. The number of amides is 2. The third-order valence-electron chi connectivity index (χ3n) is 6.56. The van der Waals surface area contributed by atoms with E-state index in [9.17, 15) is 14.9 Å². The van der Waals surface area contributed by atoms with Crippen LogP contribution in [0.2, 0.25) is 0 Å². The van der Waals surface area contributed by atoms with E-state index in [4.69, 9.17) is 4.74 Å². The van der Waals surface area contributed by atoms with Crippen LogP contribution < -0.4 is 10.1 Å². The number of nitrogens with zero attached hydrogens (tertiary/aromatic N) is 3. The lowest BCUT2D eigenvalue weighted by Gasteiger charge is -2.49. The Kier molecular flexibility index (Phi) is 4.02. The Hall–Kier alpha value is -3.44. The number of ether oxygens (including phenoxy) is 1. The summed E-state index contributed by atoms with van der Waals surface area (Å²) in [5.74, 6) is 1.74. The van der Waals surface area contributed by atoms with Gasteiger partial charge in [-0.3, -0.25) is 14.9 Å². The molecule has 4 aliphatic rings. The number of nitriles is 1. The van der Waals surface area contributed by atoms with Crippen LogP contribution in [-0.2, 0) is 4.79 Å². The maximum Gasteiger partial charge on any atom is 0.286 e. The molecule has 2 bridgehead atoms. The van der Waals surface area contributed by atoms with Crippen molar-refractivity contribution < 1.29 is 14.3 Å². The van der Waals surface area contributed by atoms with Crippen LogP contribution in [-0.4, -0.2) is 26.6 Å². The number of thioether (sulfide) groups is 1. The molecule has 1 aliphatic heterocycles. The second-order valence-corrected chi connectivity index (χ2v) is 9.29. The van der Waals surface area contributed by atoms with Gasteiger partial charge < -0.3 is 4.74 Å². The second-order valence-electron chi connectivity index (χ2n) is 8.17. The van der Waals surface area contributed by atoms with Crippen molar-refractivity contribution in [2.45, 2.75) is 29.9 Å². The Bertz CT molecular complexity index is 1310. The van der Waals surface area contributed by atoms with E-state index < -0.39 is 0 Å². The summed E-state index contributed by atoms with van der Waals surface area (Å²) in [5.41, 5.74) is 2.58. The smallest absolute Gasteiger partial charge is 0.286 e. The zero-order valence-electron chi connectivity index (χ0n) is 16.2. The standard InChI is InChI=1S/C23H16N4O3S/c24-10-18-14-3-1-2-4-16(14)22(27-26-18)30-13-5-6-15-17(9-13)11-7-12(8-11)19(15)20-21(28)25-23(29)31-20/h1-6,9,11-12,19-20H,7-8H2,(H,25,28,29)/t11?,12?,19-,20?/m1/s1. The fourth-order valence-electron chi connectivity index (χ4n) is 5.10. The topological polar surface area (TPSA) is 105 Å². The normalized spacial score (nSPS) is 26.0. The van der Waals surface area contributed by atoms with E-state index in [0.717, 1.165) is 35.6 Å². The molecular weight excluding hydrogens is 412 g/mol. The van der Waals surface area contributed by atoms with Gasteiger partial charge in [0.2, 0.25) is 11.8 Å². The summed E-state index contributed by atoms with van der Waals surface area (Å²) < 4.78 is 6.10. The van der Waals surface area contributed by atoms with Gasteiger partial charge in [0.1, 0.15) is 17.1 Å². The van der Waals surface area contributed by atoms with Crippen LogP contribution in [0.25, 0.3) is 10.8 Å². The summed E-state index contributed by atoms with van der Waals surface area (Å²) in [6, 6.07) is 15.4. The van der Waals surface area contributed by atoms with Crippen molar-refractivity contribution >= 4 is 33.7 Å². The highest BCUT2D eigenvalue weighted by molar-refractivity contribution is 8.15. The van der Waals surface area contributed by atoms with Gasteiger partial charge in [0.15, 0.2) is 5.69 Å². The van der Waals surface area contributed by atoms with E-state index >= 15 is 0 Å². The molecule has 7 rings (SSSR count). The lowest BCUT2D eigenvalue weighted by Crippen LogP contribution is -2.41. The number of carbonyl (C=O) groups is 2. The zero-order valence-corrected chi connectivity index (χ0v) is 17.1. The van der Waals surface area contributed by atoms with Crippen molar-refractivity contribution in [1.82, 2.24) is 15.5 Å². The van der Waals surface area contributed by atoms with Gasteiger partial charge in [-0.1, -0.05) is 36.0 Å². The van der Waals surface area contributed by atoms with Gasteiger partial charge in [0, 0.05) is 16.7 Å². The highest BCUT2D eigenvalue weighted by atomic mass is 32.2. The van der Waals surface area contributed by atoms with E-state index in [2.05, 4.69) is 21.6 Å². The Labute approximate surface area is 181 Å². The number of aromatic nitrogens is 2. The van der Waals surface area contributed by atoms with Gasteiger partial charge >= 0.3 is 0 Å². The lowest BCUT2D eigenvalue weighted by molar-refractivity contribution is -0.119. The molecule has 2 aromatic carbocycles. The van der Waals surface area contributed by atoms with Crippen LogP contribution in [0.3, 0.4) is 0 Å². The number of carbonyl (C=O) groups excluding carboxylic acids is 2. The second kappa shape index (κ2) is 6.79. The molecule has 0 spiro atoms. The van der Waals surface area contributed by atoms with Gasteiger partial charge in [-0.05, 0) is 54.0 Å². The minimum absolute atomic E-state index is 0.0426. The third-order valence-corrected chi connectivity index (χ3v) is 7.63. The number of nitrogens with one attached hydrogen (secondary N) is 1. The van der Waals surface area contributed by atoms with Crippen LogP contribution in [0.1, 0.15) is 41.5 Å². The van der Waals surface area contributed by atoms with Crippen molar-refractivity contribution in [3.05, 3.63) is 59.3 Å². The average molecular weight is 428 g/mol. The predicted molar refractivity (Wildman–Crippen MR) is 114 cm³/mol. The number of imide groups is 1. The quantitative estimate of drug-likeness (QED) is 0.665. The average Bonchev–Trinajstić information content (AvgIpc) is 3.10. The highest BCUT2D eigenvalue weighted by Crippen LogP contribution is 2.59. The lowest BCUT2D eigenvalue weighted by atomic mass is 9.56. The molecule has 2 heterocycles. The van der Waals surface area contributed by atoms with Crippen LogP contribution in [0.15, 0.2) is 42.5 Å². The largest absolute Gasteiger partial charge is 0.437 e. The third kappa shape index (κ3) is 2.81. The van der Waals surface area contributed by atoms with Gasteiger partial charge in [-0.2, -0.15) is 5.26 Å². The van der Waals surface area contributed by atoms with Gasteiger partial charge in [-0.15, -0.1) is 10.2 Å². The van der Waals surface area contributed by atoms with E-state index in [1.165, 1.54) is 5.56 Å². The molecule has 31 heavy (non-hydrogen) atoms. The number of fused-ring (bicyclic) bond motifs is 1.